The van der Waals surface area contributed by atoms with Gasteiger partial charge in [0.2, 0.25) is 0 Å². The van der Waals surface area contributed by atoms with Crippen molar-refractivity contribution in [2.75, 3.05) is 6.54 Å². The normalized spacial score (nSPS) is 10.9. The van der Waals surface area contributed by atoms with E-state index in [-0.39, 0.29) is 0 Å². The van der Waals surface area contributed by atoms with E-state index >= 15 is 0 Å². The van der Waals surface area contributed by atoms with Crippen molar-refractivity contribution >= 4 is 10.8 Å². The van der Waals surface area contributed by atoms with Gasteiger partial charge in [-0.05, 0) is 42.3 Å². The predicted molar refractivity (Wildman–Crippen MR) is 101 cm³/mol. The summed E-state index contributed by atoms with van der Waals surface area (Å²) in [6, 6.07) is 21.3. The Morgan fingerprint density at radius 1 is 0.917 bits per heavy atom. The van der Waals surface area contributed by atoms with E-state index in [1.165, 1.54) is 27.5 Å². The highest BCUT2D eigenvalue weighted by Gasteiger charge is 2.09. The molecule has 0 aliphatic rings. The van der Waals surface area contributed by atoms with E-state index in [1.54, 1.807) is 0 Å². The second-order valence-corrected chi connectivity index (χ2v) is 6.21. The molecule has 0 aliphatic carbocycles. The topological polar surface area (TPSA) is 21.3 Å². The van der Waals surface area contributed by atoms with E-state index in [1.807, 2.05) is 0 Å². The molecular weight excluding hydrogens is 294 g/mol. The molecule has 1 N–H and O–H groups in total. The number of hydrogen-bond donors (Lipinski definition) is 1. The molecule has 3 rings (SSSR count). The van der Waals surface area contributed by atoms with Crippen LogP contribution in [-0.2, 0) is 13.2 Å². The average molecular weight is 319 g/mol. The van der Waals surface area contributed by atoms with Gasteiger partial charge in [-0.1, -0.05) is 67.1 Å². The number of fused-ring (bicyclic) bond motifs is 1. The van der Waals surface area contributed by atoms with Gasteiger partial charge in [-0.2, -0.15) is 0 Å². The molecular formula is C22H25NO. The molecule has 0 unspecified atom stereocenters. The lowest BCUT2D eigenvalue weighted by atomic mass is 10.0. The maximum atomic E-state index is 6.16. The molecule has 0 amide bonds. The molecule has 0 atom stereocenters. The molecule has 0 aromatic heterocycles. The van der Waals surface area contributed by atoms with Gasteiger partial charge in [-0.15, -0.1) is 0 Å². The Labute approximate surface area is 144 Å². The number of hydrogen-bond acceptors (Lipinski definition) is 2. The smallest absolute Gasteiger partial charge is 0.124 e. The van der Waals surface area contributed by atoms with Crippen molar-refractivity contribution in [2.24, 2.45) is 0 Å². The van der Waals surface area contributed by atoms with Gasteiger partial charge in [0.1, 0.15) is 12.4 Å². The number of rotatable bonds is 7. The largest absolute Gasteiger partial charge is 0.489 e. The second-order valence-electron chi connectivity index (χ2n) is 6.21. The third-order valence-corrected chi connectivity index (χ3v) is 4.24. The van der Waals surface area contributed by atoms with Gasteiger partial charge in [0, 0.05) is 12.1 Å². The first-order valence-electron chi connectivity index (χ1n) is 8.67. The zero-order valence-electron chi connectivity index (χ0n) is 14.5. The Morgan fingerprint density at radius 3 is 2.50 bits per heavy atom. The van der Waals surface area contributed by atoms with Gasteiger partial charge in [-0.25, -0.2) is 0 Å². The highest BCUT2D eigenvalue weighted by atomic mass is 16.5. The fourth-order valence-corrected chi connectivity index (χ4v) is 2.87. The van der Waals surface area contributed by atoms with Crippen molar-refractivity contribution in [1.29, 1.82) is 0 Å². The monoisotopic (exact) mass is 319 g/mol. The molecule has 0 radical (unpaired) electrons. The maximum absolute atomic E-state index is 6.16. The van der Waals surface area contributed by atoms with Crippen LogP contribution in [0.2, 0.25) is 0 Å². The fourth-order valence-electron chi connectivity index (χ4n) is 2.87. The molecule has 3 aromatic rings. The lowest BCUT2D eigenvalue weighted by Crippen LogP contribution is -2.15. The van der Waals surface area contributed by atoms with Crippen molar-refractivity contribution in [3.05, 3.63) is 77.4 Å². The van der Waals surface area contributed by atoms with Gasteiger partial charge in [0.05, 0.1) is 0 Å². The Balaban J connectivity index is 1.85. The Bertz CT molecular complexity index is 793. The van der Waals surface area contributed by atoms with Crippen LogP contribution in [0.5, 0.6) is 5.75 Å². The van der Waals surface area contributed by atoms with Crippen LogP contribution in [0.15, 0.2) is 60.7 Å². The first kappa shape index (κ1) is 16.5. The highest BCUT2D eigenvalue weighted by Crippen LogP contribution is 2.28. The molecule has 0 aliphatic heterocycles. The van der Waals surface area contributed by atoms with Crippen LogP contribution in [0.3, 0.4) is 0 Å². The van der Waals surface area contributed by atoms with Crippen molar-refractivity contribution in [2.45, 2.75) is 33.4 Å². The Kier molecular flexibility index (Phi) is 5.50. The van der Waals surface area contributed by atoms with Gasteiger partial charge < -0.3 is 10.1 Å². The molecule has 0 spiro atoms. The Morgan fingerprint density at radius 2 is 1.71 bits per heavy atom. The number of nitrogens with one attached hydrogen (secondary N) is 1. The Hall–Kier alpha value is -2.32. The van der Waals surface area contributed by atoms with Crippen LogP contribution >= 0.6 is 0 Å². The first-order valence-corrected chi connectivity index (χ1v) is 8.67. The van der Waals surface area contributed by atoms with Crippen molar-refractivity contribution in [3.63, 3.8) is 0 Å². The highest BCUT2D eigenvalue weighted by molar-refractivity contribution is 5.87. The summed E-state index contributed by atoms with van der Waals surface area (Å²) in [6.45, 7) is 6.73. The van der Waals surface area contributed by atoms with E-state index < -0.39 is 0 Å². The van der Waals surface area contributed by atoms with Crippen LogP contribution in [0.4, 0.5) is 0 Å². The number of ether oxygens (including phenoxy) is 1. The van der Waals surface area contributed by atoms with E-state index in [9.17, 15) is 0 Å². The van der Waals surface area contributed by atoms with Crippen LogP contribution in [0, 0.1) is 6.92 Å². The van der Waals surface area contributed by atoms with E-state index in [2.05, 4.69) is 79.8 Å². The van der Waals surface area contributed by atoms with Crippen molar-refractivity contribution in [3.8, 4) is 5.75 Å². The molecule has 0 bridgehead atoms. The van der Waals surface area contributed by atoms with Gasteiger partial charge in [0.25, 0.3) is 0 Å². The molecule has 124 valence electrons. The predicted octanol–water partition coefficient (Wildman–Crippen LogP) is 5.23. The fraction of sp³-hybridized carbons (Fsp3) is 0.273. The van der Waals surface area contributed by atoms with E-state index in [4.69, 9.17) is 4.74 Å². The van der Waals surface area contributed by atoms with E-state index in [0.717, 1.165) is 25.3 Å². The molecule has 24 heavy (non-hydrogen) atoms. The minimum Gasteiger partial charge on any atom is -0.489 e. The zero-order chi connectivity index (χ0) is 16.8. The van der Waals surface area contributed by atoms with Gasteiger partial charge in [0.15, 0.2) is 0 Å². The second kappa shape index (κ2) is 7.98. The maximum Gasteiger partial charge on any atom is 0.124 e. The minimum absolute atomic E-state index is 0.597. The van der Waals surface area contributed by atoms with Crippen LogP contribution in [-0.4, -0.2) is 6.54 Å². The molecule has 2 nitrogen and oxygen atoms in total. The number of aryl methyl sites for hydroxylation is 1. The van der Waals surface area contributed by atoms with Crippen molar-refractivity contribution in [1.82, 2.24) is 5.32 Å². The van der Waals surface area contributed by atoms with Crippen molar-refractivity contribution < 1.29 is 4.74 Å². The zero-order valence-corrected chi connectivity index (χ0v) is 14.5. The van der Waals surface area contributed by atoms with Gasteiger partial charge >= 0.3 is 0 Å². The SMILES string of the molecule is CCCNCc1c(OCc2ccc(C)cc2)ccc2ccccc12. The quantitative estimate of drug-likeness (QED) is 0.602. The van der Waals surface area contributed by atoms with Gasteiger partial charge in [-0.3, -0.25) is 0 Å². The lowest BCUT2D eigenvalue weighted by molar-refractivity contribution is 0.302. The summed E-state index contributed by atoms with van der Waals surface area (Å²) in [7, 11) is 0. The summed E-state index contributed by atoms with van der Waals surface area (Å²) in [6.07, 6.45) is 1.13. The summed E-state index contributed by atoms with van der Waals surface area (Å²) < 4.78 is 6.16. The lowest BCUT2D eigenvalue weighted by Gasteiger charge is -2.15. The number of benzene rings is 3. The summed E-state index contributed by atoms with van der Waals surface area (Å²) >= 11 is 0. The molecule has 0 heterocycles. The molecule has 0 saturated carbocycles. The third kappa shape index (κ3) is 3.95. The molecule has 3 aromatic carbocycles. The van der Waals surface area contributed by atoms with E-state index in [0.29, 0.717) is 6.61 Å². The summed E-state index contributed by atoms with van der Waals surface area (Å²) in [4.78, 5) is 0. The average Bonchev–Trinajstić information content (AvgIpc) is 2.62. The molecule has 0 fully saturated rings. The minimum atomic E-state index is 0.597. The molecule has 2 heteroatoms. The summed E-state index contributed by atoms with van der Waals surface area (Å²) in [5, 5.41) is 6.03. The standard InChI is InChI=1S/C22H25NO/c1-3-14-23-15-21-20-7-5-4-6-19(20)12-13-22(21)24-16-18-10-8-17(2)9-11-18/h4-13,23H,3,14-16H2,1-2H3. The summed E-state index contributed by atoms with van der Waals surface area (Å²) in [5.74, 6) is 0.970. The van der Waals surface area contributed by atoms with Crippen LogP contribution in [0.1, 0.15) is 30.0 Å². The first-order chi connectivity index (χ1) is 11.8. The third-order valence-electron chi connectivity index (χ3n) is 4.24. The summed E-state index contributed by atoms with van der Waals surface area (Å²) in [5.41, 5.74) is 3.71. The molecule has 0 saturated heterocycles. The van der Waals surface area contributed by atoms with Crippen LogP contribution in [0.25, 0.3) is 10.8 Å². The van der Waals surface area contributed by atoms with Crippen LogP contribution < -0.4 is 10.1 Å².